The van der Waals surface area contributed by atoms with Gasteiger partial charge in [-0.25, -0.2) is 22.0 Å². The number of aromatic nitrogens is 1. The van der Waals surface area contributed by atoms with Crippen molar-refractivity contribution in [3.63, 3.8) is 0 Å². The van der Waals surface area contributed by atoms with Crippen LogP contribution in [-0.2, 0) is 15.6 Å². The lowest BCUT2D eigenvalue weighted by molar-refractivity contribution is 0.547. The Morgan fingerprint density at radius 2 is 1.64 bits per heavy atom. The van der Waals surface area contributed by atoms with Crippen LogP contribution >= 0.6 is 0 Å². The van der Waals surface area contributed by atoms with Crippen LogP contribution in [0.1, 0.15) is 5.56 Å². The number of nitrogens with one attached hydrogen (secondary N) is 1. The minimum absolute atomic E-state index is 0.0405. The van der Waals surface area contributed by atoms with Gasteiger partial charge in [0.2, 0.25) is 0 Å². The molecule has 28 heavy (non-hydrogen) atoms. The number of halogens is 2. The fraction of sp³-hybridized carbons (Fsp3) is 0.0500. The van der Waals surface area contributed by atoms with Gasteiger partial charge in [0, 0.05) is 17.7 Å². The number of sulfone groups is 1. The maximum Gasteiger partial charge on any atom is 0.417 e. The Morgan fingerprint density at radius 3 is 2.39 bits per heavy atom. The molecule has 5 nitrogen and oxygen atoms in total. The van der Waals surface area contributed by atoms with Crippen LogP contribution in [0.2, 0.25) is 0 Å². The van der Waals surface area contributed by atoms with E-state index in [1.54, 1.807) is 6.07 Å². The zero-order valence-corrected chi connectivity index (χ0v) is 15.1. The van der Waals surface area contributed by atoms with Crippen molar-refractivity contribution >= 4 is 20.9 Å². The molecule has 0 amide bonds. The lowest BCUT2D eigenvalue weighted by Gasteiger charge is -2.09. The van der Waals surface area contributed by atoms with Crippen molar-refractivity contribution < 1.29 is 21.6 Å². The number of hydrogen-bond donors (Lipinski definition) is 1. The molecule has 0 unspecified atom stereocenters. The standard InChI is InChI=1S/C20H13F2NO4S/c21-15-7-6-13(12-4-2-1-3-5-12)8-14(15)11-28(25,26)19-10-18-17(9-16(19)22)23-20(24)27-18/h1-10H,11H2,(H,23,24). The summed E-state index contributed by atoms with van der Waals surface area (Å²) in [5.74, 6) is -3.33. The third-order valence-corrected chi connectivity index (χ3v) is 5.98. The van der Waals surface area contributed by atoms with Crippen LogP contribution < -0.4 is 5.76 Å². The summed E-state index contributed by atoms with van der Waals surface area (Å²) in [6, 6.07) is 15.0. The zero-order chi connectivity index (χ0) is 19.9. The highest BCUT2D eigenvalue weighted by Crippen LogP contribution is 2.27. The third-order valence-electron chi connectivity index (χ3n) is 4.31. The van der Waals surface area contributed by atoms with E-state index in [-0.39, 0.29) is 16.7 Å². The summed E-state index contributed by atoms with van der Waals surface area (Å²) in [5, 5.41) is 0. The lowest BCUT2D eigenvalue weighted by Crippen LogP contribution is -2.09. The summed E-state index contributed by atoms with van der Waals surface area (Å²) < 4.78 is 58.9. The van der Waals surface area contributed by atoms with Crippen LogP contribution in [0.25, 0.3) is 22.2 Å². The first-order valence-corrected chi connectivity index (χ1v) is 9.88. The summed E-state index contributed by atoms with van der Waals surface area (Å²) in [5.41, 5.74) is 1.29. The Labute approximate surface area is 158 Å². The van der Waals surface area contributed by atoms with Gasteiger partial charge in [0.05, 0.1) is 11.3 Å². The predicted molar refractivity (Wildman–Crippen MR) is 99.5 cm³/mol. The second-order valence-electron chi connectivity index (χ2n) is 6.22. The zero-order valence-electron chi connectivity index (χ0n) is 14.3. The molecular formula is C20H13F2NO4S. The van der Waals surface area contributed by atoms with Gasteiger partial charge in [0.1, 0.15) is 16.5 Å². The lowest BCUT2D eigenvalue weighted by atomic mass is 10.0. The van der Waals surface area contributed by atoms with E-state index in [0.29, 0.717) is 5.56 Å². The molecule has 0 atom stereocenters. The Kier molecular flexibility index (Phi) is 4.35. The molecule has 0 aliphatic heterocycles. The number of benzene rings is 3. The van der Waals surface area contributed by atoms with E-state index in [1.807, 2.05) is 30.3 Å². The minimum atomic E-state index is -4.24. The Bertz CT molecular complexity index is 1340. The monoisotopic (exact) mass is 401 g/mol. The average Bonchev–Trinajstić information content (AvgIpc) is 3.02. The first-order valence-electron chi connectivity index (χ1n) is 8.22. The Hall–Kier alpha value is -3.26. The molecule has 1 aromatic heterocycles. The number of aromatic amines is 1. The number of H-pyrrole nitrogens is 1. The van der Waals surface area contributed by atoms with Crippen molar-refractivity contribution in [3.05, 3.63) is 88.4 Å². The number of fused-ring (bicyclic) bond motifs is 1. The quantitative estimate of drug-likeness (QED) is 0.560. The van der Waals surface area contributed by atoms with Crippen molar-refractivity contribution in [3.8, 4) is 11.1 Å². The number of rotatable bonds is 4. The molecule has 0 fully saturated rings. The molecule has 4 aromatic rings. The Morgan fingerprint density at radius 1 is 0.893 bits per heavy atom. The van der Waals surface area contributed by atoms with Crippen molar-refractivity contribution in [2.75, 3.05) is 0 Å². The second kappa shape index (κ2) is 6.72. The topological polar surface area (TPSA) is 80.1 Å². The van der Waals surface area contributed by atoms with Gasteiger partial charge in [0.25, 0.3) is 0 Å². The highest BCUT2D eigenvalue weighted by Gasteiger charge is 2.24. The minimum Gasteiger partial charge on any atom is -0.408 e. The summed E-state index contributed by atoms with van der Waals surface area (Å²) >= 11 is 0. The van der Waals surface area contributed by atoms with Gasteiger partial charge in [-0.3, -0.25) is 4.98 Å². The first-order chi connectivity index (χ1) is 13.3. The van der Waals surface area contributed by atoms with E-state index >= 15 is 0 Å². The van der Waals surface area contributed by atoms with E-state index in [0.717, 1.165) is 17.7 Å². The maximum atomic E-state index is 14.3. The van der Waals surface area contributed by atoms with E-state index in [1.165, 1.54) is 12.1 Å². The summed E-state index contributed by atoms with van der Waals surface area (Å²) in [4.78, 5) is 12.8. The van der Waals surface area contributed by atoms with E-state index in [4.69, 9.17) is 4.42 Å². The van der Waals surface area contributed by atoms with Gasteiger partial charge in [0.15, 0.2) is 15.4 Å². The summed E-state index contributed by atoms with van der Waals surface area (Å²) in [7, 11) is -4.24. The fourth-order valence-electron chi connectivity index (χ4n) is 2.97. The average molecular weight is 401 g/mol. The normalized spacial score (nSPS) is 11.8. The SMILES string of the molecule is O=c1[nH]c2cc(F)c(S(=O)(=O)Cc3cc(-c4ccccc4)ccc3F)cc2o1. The molecule has 0 spiro atoms. The maximum absolute atomic E-state index is 14.3. The smallest absolute Gasteiger partial charge is 0.408 e. The van der Waals surface area contributed by atoms with Crippen LogP contribution in [0.5, 0.6) is 0 Å². The summed E-state index contributed by atoms with van der Waals surface area (Å²) in [6.45, 7) is 0. The molecule has 3 aromatic carbocycles. The van der Waals surface area contributed by atoms with Crippen molar-refractivity contribution in [2.45, 2.75) is 10.6 Å². The molecule has 0 saturated carbocycles. The van der Waals surface area contributed by atoms with Gasteiger partial charge in [-0.1, -0.05) is 36.4 Å². The summed E-state index contributed by atoms with van der Waals surface area (Å²) in [6.07, 6.45) is 0. The molecule has 0 bridgehead atoms. The van der Waals surface area contributed by atoms with Crippen LogP contribution in [0.3, 0.4) is 0 Å². The number of oxazole rings is 1. The van der Waals surface area contributed by atoms with Gasteiger partial charge in [-0.2, -0.15) is 0 Å². The van der Waals surface area contributed by atoms with E-state index in [9.17, 15) is 22.0 Å². The van der Waals surface area contributed by atoms with Crippen LogP contribution in [0.4, 0.5) is 8.78 Å². The van der Waals surface area contributed by atoms with E-state index in [2.05, 4.69) is 4.98 Å². The first kappa shape index (κ1) is 18.1. The Balaban J connectivity index is 1.76. The van der Waals surface area contributed by atoms with Crippen LogP contribution in [0.15, 0.2) is 74.8 Å². The molecule has 142 valence electrons. The molecule has 0 aliphatic carbocycles. The fourth-order valence-corrected chi connectivity index (χ4v) is 4.40. The van der Waals surface area contributed by atoms with Crippen LogP contribution in [0, 0.1) is 11.6 Å². The molecule has 8 heteroatoms. The molecule has 0 radical (unpaired) electrons. The third kappa shape index (κ3) is 3.34. The highest BCUT2D eigenvalue weighted by molar-refractivity contribution is 7.90. The molecular weight excluding hydrogens is 388 g/mol. The van der Waals surface area contributed by atoms with Gasteiger partial charge in [-0.15, -0.1) is 0 Å². The van der Waals surface area contributed by atoms with Gasteiger partial charge in [-0.05, 0) is 23.3 Å². The van der Waals surface area contributed by atoms with Crippen molar-refractivity contribution in [2.24, 2.45) is 0 Å². The largest absolute Gasteiger partial charge is 0.417 e. The molecule has 1 heterocycles. The van der Waals surface area contributed by atoms with E-state index < -0.39 is 37.9 Å². The van der Waals surface area contributed by atoms with Crippen molar-refractivity contribution in [1.29, 1.82) is 0 Å². The van der Waals surface area contributed by atoms with Crippen molar-refractivity contribution in [1.82, 2.24) is 4.98 Å². The highest BCUT2D eigenvalue weighted by atomic mass is 32.2. The molecule has 4 rings (SSSR count). The molecule has 1 N–H and O–H groups in total. The second-order valence-corrected chi connectivity index (χ2v) is 8.18. The molecule has 0 aliphatic rings. The predicted octanol–water partition coefficient (Wildman–Crippen LogP) is 4.04. The molecule has 0 saturated heterocycles. The van der Waals surface area contributed by atoms with Gasteiger partial charge >= 0.3 is 5.76 Å². The number of hydrogen-bond acceptors (Lipinski definition) is 4. The van der Waals surface area contributed by atoms with Crippen LogP contribution in [-0.4, -0.2) is 13.4 Å². The van der Waals surface area contributed by atoms with Gasteiger partial charge < -0.3 is 4.42 Å².